The Morgan fingerprint density at radius 3 is 2.70 bits per heavy atom. The number of benzene rings is 1. The van der Waals surface area contributed by atoms with Crippen LogP contribution >= 0.6 is 11.6 Å². The Kier molecular flexibility index (Phi) is 5.64. The highest BCUT2D eigenvalue weighted by molar-refractivity contribution is 7.92. The van der Waals surface area contributed by atoms with Crippen LogP contribution in [0.1, 0.15) is 0 Å². The summed E-state index contributed by atoms with van der Waals surface area (Å²) >= 11 is 5.72. The molecule has 124 valence electrons. The monoisotopic (exact) mass is 358 g/mol. The minimum absolute atomic E-state index is 0.0482. The highest BCUT2D eigenvalue weighted by Crippen LogP contribution is 2.31. The fourth-order valence-corrected chi connectivity index (χ4v) is 3.07. The number of nitrogens with one attached hydrogen (secondary N) is 1. The van der Waals surface area contributed by atoms with Crippen LogP contribution in [0.25, 0.3) is 0 Å². The van der Waals surface area contributed by atoms with Crippen molar-refractivity contribution in [2.24, 2.45) is 0 Å². The second-order valence-electron chi connectivity index (χ2n) is 4.42. The van der Waals surface area contributed by atoms with E-state index in [1.54, 1.807) is 7.11 Å². The molecule has 0 unspecified atom stereocenters. The van der Waals surface area contributed by atoms with Gasteiger partial charge in [-0.2, -0.15) is 0 Å². The summed E-state index contributed by atoms with van der Waals surface area (Å²) in [7, 11) is -2.43. The Labute approximate surface area is 138 Å². The van der Waals surface area contributed by atoms with E-state index in [0.29, 0.717) is 19.1 Å². The molecule has 0 aliphatic carbocycles. The van der Waals surface area contributed by atoms with Crippen molar-refractivity contribution in [3.8, 4) is 11.6 Å². The lowest BCUT2D eigenvalue weighted by Gasteiger charge is -2.10. The molecule has 0 aliphatic heterocycles. The molecule has 9 heteroatoms. The smallest absolute Gasteiger partial charge is 0.265 e. The van der Waals surface area contributed by atoms with Gasteiger partial charge in [0.1, 0.15) is 11.5 Å². The zero-order valence-corrected chi connectivity index (χ0v) is 13.8. The number of phenols is 1. The molecule has 0 fully saturated rings. The number of hydrogen-bond acceptors (Lipinski definition) is 6. The van der Waals surface area contributed by atoms with Crippen LogP contribution in [0.2, 0.25) is 5.02 Å². The second-order valence-corrected chi connectivity index (χ2v) is 6.48. The van der Waals surface area contributed by atoms with Crippen molar-refractivity contribution in [1.82, 2.24) is 4.98 Å². The molecule has 1 aromatic heterocycles. The molecule has 0 spiro atoms. The average molecular weight is 359 g/mol. The number of rotatable bonds is 7. The molecule has 2 N–H and O–H groups in total. The van der Waals surface area contributed by atoms with Gasteiger partial charge < -0.3 is 14.6 Å². The van der Waals surface area contributed by atoms with Crippen LogP contribution in [0.3, 0.4) is 0 Å². The van der Waals surface area contributed by atoms with Gasteiger partial charge in [0.05, 0.1) is 23.5 Å². The number of anilines is 1. The molecule has 0 aliphatic rings. The molecule has 1 heterocycles. The summed E-state index contributed by atoms with van der Waals surface area (Å²) < 4.78 is 37.0. The summed E-state index contributed by atoms with van der Waals surface area (Å²) in [5.41, 5.74) is 0.225. The van der Waals surface area contributed by atoms with Gasteiger partial charge >= 0.3 is 0 Å². The highest BCUT2D eigenvalue weighted by atomic mass is 35.5. The number of sulfonamides is 1. The van der Waals surface area contributed by atoms with E-state index in [1.807, 2.05) is 0 Å². The minimum atomic E-state index is -3.99. The average Bonchev–Trinajstić information content (AvgIpc) is 2.51. The SMILES string of the molecule is COCCOc1ccc(NS(=O)(=O)c2cccc(Cl)c2O)cn1. The Morgan fingerprint density at radius 2 is 2.04 bits per heavy atom. The van der Waals surface area contributed by atoms with E-state index in [0.717, 1.165) is 0 Å². The molecule has 1 aromatic carbocycles. The van der Waals surface area contributed by atoms with Gasteiger partial charge in [0.15, 0.2) is 5.75 Å². The van der Waals surface area contributed by atoms with Crippen molar-refractivity contribution in [2.45, 2.75) is 4.90 Å². The van der Waals surface area contributed by atoms with Gasteiger partial charge in [-0.15, -0.1) is 0 Å². The maximum absolute atomic E-state index is 12.3. The number of para-hydroxylation sites is 1. The number of methoxy groups -OCH3 is 1. The van der Waals surface area contributed by atoms with E-state index in [9.17, 15) is 13.5 Å². The Bertz CT molecular complexity index is 765. The summed E-state index contributed by atoms with van der Waals surface area (Å²) in [4.78, 5) is 3.66. The molecular weight excluding hydrogens is 344 g/mol. The molecule has 23 heavy (non-hydrogen) atoms. The molecular formula is C14H15ClN2O5S. The van der Waals surface area contributed by atoms with E-state index in [-0.39, 0.29) is 15.6 Å². The summed E-state index contributed by atoms with van der Waals surface area (Å²) in [6.07, 6.45) is 1.31. The van der Waals surface area contributed by atoms with Crippen molar-refractivity contribution in [2.75, 3.05) is 25.0 Å². The van der Waals surface area contributed by atoms with E-state index >= 15 is 0 Å². The van der Waals surface area contributed by atoms with E-state index < -0.39 is 15.8 Å². The fourth-order valence-electron chi connectivity index (χ4n) is 1.68. The highest BCUT2D eigenvalue weighted by Gasteiger charge is 2.20. The third kappa shape index (κ3) is 4.47. The molecule has 0 atom stereocenters. The first-order valence-electron chi connectivity index (χ1n) is 6.52. The van der Waals surface area contributed by atoms with Crippen LogP contribution in [-0.2, 0) is 14.8 Å². The molecule has 0 radical (unpaired) electrons. The number of phenolic OH excluding ortho intramolecular Hbond substituents is 1. The minimum Gasteiger partial charge on any atom is -0.505 e. The quantitative estimate of drug-likeness (QED) is 0.737. The number of nitrogens with zero attached hydrogens (tertiary/aromatic N) is 1. The maximum atomic E-state index is 12.3. The molecule has 0 bridgehead atoms. The van der Waals surface area contributed by atoms with Gasteiger partial charge in [0, 0.05) is 13.2 Å². The van der Waals surface area contributed by atoms with Crippen LogP contribution in [0.15, 0.2) is 41.4 Å². The topological polar surface area (TPSA) is 97.8 Å². The van der Waals surface area contributed by atoms with Gasteiger partial charge in [-0.25, -0.2) is 13.4 Å². The molecule has 0 saturated heterocycles. The van der Waals surface area contributed by atoms with Gasteiger partial charge in [0.25, 0.3) is 10.0 Å². The zero-order chi connectivity index (χ0) is 16.9. The van der Waals surface area contributed by atoms with Crippen molar-refractivity contribution >= 4 is 27.3 Å². The van der Waals surface area contributed by atoms with Crippen LogP contribution < -0.4 is 9.46 Å². The predicted octanol–water partition coefficient (Wildman–Crippen LogP) is 2.27. The molecule has 0 saturated carbocycles. The van der Waals surface area contributed by atoms with E-state index in [1.165, 1.54) is 36.5 Å². The largest absolute Gasteiger partial charge is 0.505 e. The van der Waals surface area contributed by atoms with Crippen molar-refractivity contribution in [1.29, 1.82) is 0 Å². The lowest BCUT2D eigenvalue weighted by molar-refractivity contribution is 0.144. The molecule has 2 aromatic rings. The zero-order valence-electron chi connectivity index (χ0n) is 12.2. The Morgan fingerprint density at radius 1 is 1.26 bits per heavy atom. The first-order chi connectivity index (χ1) is 10.9. The maximum Gasteiger partial charge on any atom is 0.265 e. The first-order valence-corrected chi connectivity index (χ1v) is 8.38. The molecule has 2 rings (SSSR count). The summed E-state index contributed by atoms with van der Waals surface area (Å²) in [6.45, 7) is 0.759. The van der Waals surface area contributed by atoms with Crippen molar-refractivity contribution < 1.29 is 23.0 Å². The lowest BCUT2D eigenvalue weighted by Crippen LogP contribution is -2.13. The van der Waals surface area contributed by atoms with E-state index in [2.05, 4.69) is 9.71 Å². The number of aromatic hydroxyl groups is 1. The summed E-state index contributed by atoms with van der Waals surface area (Å²) in [5, 5.41) is 9.73. The predicted molar refractivity (Wildman–Crippen MR) is 85.5 cm³/mol. The third-order valence-electron chi connectivity index (χ3n) is 2.77. The van der Waals surface area contributed by atoms with Crippen LogP contribution in [0.5, 0.6) is 11.6 Å². The first kappa shape index (κ1) is 17.3. The standard InChI is InChI=1S/C14H15ClN2O5S/c1-21-7-8-22-13-6-5-10(9-16-13)17-23(19,20)12-4-2-3-11(15)14(12)18/h2-6,9,17-18H,7-8H2,1H3. The Balaban J connectivity index is 2.13. The molecule has 7 nitrogen and oxygen atoms in total. The van der Waals surface area contributed by atoms with Gasteiger partial charge in [-0.05, 0) is 18.2 Å². The van der Waals surface area contributed by atoms with Crippen LogP contribution in [0.4, 0.5) is 5.69 Å². The molecule has 0 amide bonds. The number of aromatic nitrogens is 1. The van der Waals surface area contributed by atoms with Crippen LogP contribution in [-0.4, -0.2) is 38.8 Å². The fraction of sp³-hybridized carbons (Fsp3) is 0.214. The van der Waals surface area contributed by atoms with Crippen LogP contribution in [0, 0.1) is 0 Å². The van der Waals surface area contributed by atoms with Gasteiger partial charge in [0.2, 0.25) is 5.88 Å². The third-order valence-corrected chi connectivity index (χ3v) is 4.48. The van der Waals surface area contributed by atoms with Gasteiger partial charge in [-0.1, -0.05) is 17.7 Å². The Hall–Kier alpha value is -2.03. The second kappa shape index (κ2) is 7.49. The number of halogens is 1. The van der Waals surface area contributed by atoms with Crippen molar-refractivity contribution in [3.63, 3.8) is 0 Å². The normalized spacial score (nSPS) is 11.2. The number of hydrogen-bond donors (Lipinski definition) is 2. The summed E-state index contributed by atoms with van der Waals surface area (Å²) in [6, 6.07) is 7.09. The van der Waals surface area contributed by atoms with Gasteiger partial charge in [-0.3, -0.25) is 4.72 Å². The van der Waals surface area contributed by atoms with E-state index in [4.69, 9.17) is 21.1 Å². The van der Waals surface area contributed by atoms with Crippen molar-refractivity contribution in [3.05, 3.63) is 41.6 Å². The lowest BCUT2D eigenvalue weighted by atomic mass is 10.3. The number of pyridine rings is 1. The summed E-state index contributed by atoms with van der Waals surface area (Å²) in [5.74, 6) is -0.162. The number of ether oxygens (including phenoxy) is 2.